The van der Waals surface area contributed by atoms with Crippen LogP contribution in [0.25, 0.3) is 0 Å². The fourth-order valence-electron chi connectivity index (χ4n) is 3.31. The first-order valence-electron chi connectivity index (χ1n) is 6.00. The molecule has 2 fully saturated rings. The number of hydrogen-bond donors (Lipinski definition) is 1. The quantitative estimate of drug-likeness (QED) is 0.790. The summed E-state index contributed by atoms with van der Waals surface area (Å²) in [6, 6.07) is 0. The van der Waals surface area contributed by atoms with Crippen LogP contribution in [-0.4, -0.2) is 20.7 Å². The van der Waals surface area contributed by atoms with Gasteiger partial charge in [0.25, 0.3) is 0 Å². The lowest BCUT2D eigenvalue weighted by molar-refractivity contribution is 0.198. The van der Waals surface area contributed by atoms with Crippen LogP contribution in [-0.2, 0) is 10.0 Å². The molecule has 0 amide bonds. The normalized spacial score (nSPS) is 27.3. The van der Waals surface area contributed by atoms with Crippen LogP contribution in [0.5, 0.6) is 0 Å². The average Bonchev–Trinajstić information content (AvgIpc) is 2.67. The average molecular weight is 231 g/mol. The zero-order chi connectivity index (χ0) is 10.9. The van der Waals surface area contributed by atoms with Gasteiger partial charge in [0.05, 0.1) is 5.25 Å². The second kappa shape index (κ2) is 4.06. The van der Waals surface area contributed by atoms with E-state index in [1.54, 1.807) is 0 Å². The van der Waals surface area contributed by atoms with Crippen molar-refractivity contribution < 1.29 is 8.42 Å². The second-order valence-electron chi connectivity index (χ2n) is 5.16. The van der Waals surface area contributed by atoms with Gasteiger partial charge in [0.1, 0.15) is 0 Å². The predicted molar refractivity (Wildman–Crippen MR) is 61.1 cm³/mol. The summed E-state index contributed by atoms with van der Waals surface area (Å²) in [6.07, 6.45) is 9.34. The molecule has 4 heteroatoms. The van der Waals surface area contributed by atoms with Gasteiger partial charge < -0.3 is 0 Å². The largest absolute Gasteiger partial charge is 0.218 e. The van der Waals surface area contributed by atoms with Crippen LogP contribution < -0.4 is 4.72 Å². The Bertz CT molecular complexity index is 307. The summed E-state index contributed by atoms with van der Waals surface area (Å²) in [6.45, 7) is 0. The van der Waals surface area contributed by atoms with E-state index < -0.39 is 10.0 Å². The van der Waals surface area contributed by atoms with Crippen LogP contribution in [0.15, 0.2) is 0 Å². The lowest BCUT2D eigenvalue weighted by Crippen LogP contribution is -2.37. The Morgan fingerprint density at radius 1 is 1.07 bits per heavy atom. The molecular formula is C11H21NO2S. The highest BCUT2D eigenvalue weighted by molar-refractivity contribution is 7.90. The summed E-state index contributed by atoms with van der Waals surface area (Å²) in [5, 5.41) is -0.131. The molecule has 15 heavy (non-hydrogen) atoms. The number of rotatable bonds is 2. The molecule has 3 nitrogen and oxygen atoms in total. The predicted octanol–water partition coefficient (Wildman–Crippen LogP) is 2.04. The van der Waals surface area contributed by atoms with E-state index in [9.17, 15) is 8.42 Å². The van der Waals surface area contributed by atoms with Gasteiger partial charge in [0, 0.05) is 0 Å². The Hall–Kier alpha value is -0.0900. The van der Waals surface area contributed by atoms with Crippen LogP contribution in [0.3, 0.4) is 0 Å². The highest BCUT2D eigenvalue weighted by atomic mass is 32.2. The molecule has 0 aliphatic heterocycles. The van der Waals surface area contributed by atoms with Gasteiger partial charge in [-0.25, -0.2) is 13.1 Å². The van der Waals surface area contributed by atoms with Gasteiger partial charge in [-0.2, -0.15) is 0 Å². The fourth-order valence-corrected chi connectivity index (χ4v) is 4.50. The third kappa shape index (κ3) is 2.21. The molecule has 2 rings (SSSR count). The molecule has 0 atom stereocenters. The molecule has 0 bridgehead atoms. The van der Waals surface area contributed by atoms with Crippen molar-refractivity contribution in [2.24, 2.45) is 5.41 Å². The molecule has 1 N–H and O–H groups in total. The van der Waals surface area contributed by atoms with E-state index >= 15 is 0 Å². The van der Waals surface area contributed by atoms with Crippen LogP contribution >= 0.6 is 0 Å². The summed E-state index contributed by atoms with van der Waals surface area (Å²) >= 11 is 0. The van der Waals surface area contributed by atoms with E-state index in [2.05, 4.69) is 4.72 Å². The number of hydrogen-bond acceptors (Lipinski definition) is 2. The molecule has 0 aromatic carbocycles. The van der Waals surface area contributed by atoms with Crippen molar-refractivity contribution in [2.75, 3.05) is 7.05 Å². The molecule has 0 unspecified atom stereocenters. The molecule has 0 aromatic rings. The Balaban J connectivity index is 1.97. The van der Waals surface area contributed by atoms with E-state index in [0.29, 0.717) is 5.41 Å². The zero-order valence-corrected chi connectivity index (χ0v) is 10.3. The maximum atomic E-state index is 11.6. The number of nitrogens with one attached hydrogen (secondary N) is 1. The van der Waals surface area contributed by atoms with E-state index in [-0.39, 0.29) is 5.25 Å². The summed E-state index contributed by atoms with van der Waals surface area (Å²) in [7, 11) is -1.49. The first-order chi connectivity index (χ1) is 7.08. The van der Waals surface area contributed by atoms with Gasteiger partial charge in [0.2, 0.25) is 10.0 Å². The van der Waals surface area contributed by atoms with Crippen molar-refractivity contribution in [1.82, 2.24) is 4.72 Å². The minimum absolute atomic E-state index is 0.131. The first-order valence-corrected chi connectivity index (χ1v) is 7.55. The van der Waals surface area contributed by atoms with E-state index in [0.717, 1.165) is 25.7 Å². The summed E-state index contributed by atoms with van der Waals surface area (Å²) < 4.78 is 25.8. The summed E-state index contributed by atoms with van der Waals surface area (Å²) in [5.74, 6) is 0. The van der Waals surface area contributed by atoms with Gasteiger partial charge >= 0.3 is 0 Å². The Morgan fingerprint density at radius 3 is 2.07 bits per heavy atom. The van der Waals surface area contributed by atoms with Gasteiger partial charge in [-0.3, -0.25) is 0 Å². The van der Waals surface area contributed by atoms with E-state index in [1.165, 1.54) is 32.7 Å². The molecular weight excluding hydrogens is 210 g/mol. The summed E-state index contributed by atoms with van der Waals surface area (Å²) in [4.78, 5) is 0. The molecule has 0 radical (unpaired) electrons. The lowest BCUT2D eigenvalue weighted by atomic mass is 9.73. The third-order valence-corrected chi connectivity index (χ3v) is 6.30. The highest BCUT2D eigenvalue weighted by Gasteiger charge is 2.40. The molecule has 2 saturated carbocycles. The van der Waals surface area contributed by atoms with Crippen molar-refractivity contribution >= 4 is 10.0 Å². The topological polar surface area (TPSA) is 46.2 Å². The maximum absolute atomic E-state index is 11.6. The van der Waals surface area contributed by atoms with Gasteiger partial charge in [0.15, 0.2) is 0 Å². The second-order valence-corrected chi connectivity index (χ2v) is 7.32. The summed E-state index contributed by atoms with van der Waals surface area (Å²) in [5.41, 5.74) is 0.528. The van der Waals surface area contributed by atoms with Gasteiger partial charge in [-0.05, 0) is 51.0 Å². The van der Waals surface area contributed by atoms with Gasteiger partial charge in [-0.1, -0.05) is 12.8 Å². The molecule has 2 aliphatic rings. The third-order valence-electron chi connectivity index (χ3n) is 4.38. The molecule has 0 heterocycles. The van der Waals surface area contributed by atoms with Crippen molar-refractivity contribution in [1.29, 1.82) is 0 Å². The Morgan fingerprint density at radius 2 is 1.60 bits per heavy atom. The van der Waals surface area contributed by atoms with E-state index in [1.807, 2.05) is 0 Å². The number of sulfonamides is 1. The van der Waals surface area contributed by atoms with Crippen LogP contribution in [0, 0.1) is 5.41 Å². The SMILES string of the molecule is CNS(=O)(=O)C1CCC2(CCCC2)CC1. The Kier molecular flexibility index (Phi) is 3.08. The zero-order valence-electron chi connectivity index (χ0n) is 9.46. The van der Waals surface area contributed by atoms with Crippen molar-refractivity contribution in [2.45, 2.75) is 56.6 Å². The highest BCUT2D eigenvalue weighted by Crippen LogP contribution is 2.49. The Labute approximate surface area is 92.7 Å². The molecule has 1 spiro atoms. The molecule has 0 aromatic heterocycles. The first kappa shape index (κ1) is 11.4. The molecule has 2 aliphatic carbocycles. The smallest absolute Gasteiger partial charge is 0.214 e. The van der Waals surface area contributed by atoms with Crippen molar-refractivity contribution in [3.63, 3.8) is 0 Å². The van der Waals surface area contributed by atoms with Gasteiger partial charge in [-0.15, -0.1) is 0 Å². The maximum Gasteiger partial charge on any atom is 0.214 e. The van der Waals surface area contributed by atoms with E-state index in [4.69, 9.17) is 0 Å². The van der Waals surface area contributed by atoms with Crippen molar-refractivity contribution in [3.05, 3.63) is 0 Å². The van der Waals surface area contributed by atoms with Crippen LogP contribution in [0.4, 0.5) is 0 Å². The van der Waals surface area contributed by atoms with Crippen molar-refractivity contribution in [3.8, 4) is 0 Å². The van der Waals surface area contributed by atoms with Crippen LogP contribution in [0.1, 0.15) is 51.4 Å². The van der Waals surface area contributed by atoms with Crippen LogP contribution in [0.2, 0.25) is 0 Å². The minimum Gasteiger partial charge on any atom is -0.218 e. The monoisotopic (exact) mass is 231 g/mol. The minimum atomic E-state index is -3.02. The molecule has 0 saturated heterocycles. The lowest BCUT2D eigenvalue weighted by Gasteiger charge is -2.36. The molecule has 88 valence electrons. The standard InChI is InChI=1S/C11H21NO2S/c1-12-15(13,14)10-4-8-11(9-5-10)6-2-3-7-11/h10,12H,2-9H2,1H3. The fraction of sp³-hybridized carbons (Fsp3) is 1.00.